The molecular weight excluding hydrogens is 263 g/mol. The molecule has 1 aliphatic rings. The average molecular weight is 275 g/mol. The topological polar surface area (TPSA) is 52.4 Å². The zero-order chi connectivity index (χ0) is 14.0. The van der Waals surface area contributed by atoms with E-state index in [0.717, 1.165) is 12.1 Å². The van der Waals surface area contributed by atoms with Gasteiger partial charge in [0.05, 0.1) is 11.5 Å². The van der Waals surface area contributed by atoms with Gasteiger partial charge in [0.2, 0.25) is 11.7 Å². The van der Waals surface area contributed by atoms with Gasteiger partial charge in [-0.05, 0) is 18.4 Å². The molecule has 1 unspecified atom stereocenters. The highest BCUT2D eigenvalue weighted by atomic mass is 19.3. The number of benzene rings is 1. The maximum atomic E-state index is 13.3. The summed E-state index contributed by atoms with van der Waals surface area (Å²) in [5.41, 5.74) is -0.639. The summed E-state index contributed by atoms with van der Waals surface area (Å²) in [4.78, 5) is 9.58. The summed E-state index contributed by atoms with van der Waals surface area (Å²) in [5.74, 6) is -3.81. The van der Waals surface area contributed by atoms with Crippen molar-refractivity contribution in [2.45, 2.75) is 25.2 Å². The summed E-state index contributed by atoms with van der Waals surface area (Å²) >= 11 is 0. The second kappa shape index (κ2) is 5.07. The number of nitro groups is 1. The van der Waals surface area contributed by atoms with Crippen molar-refractivity contribution < 1.29 is 22.8 Å². The third-order valence-electron chi connectivity index (χ3n) is 3.11. The number of halogens is 3. The molecule has 0 radical (unpaired) electrons. The molecule has 7 heteroatoms. The lowest BCUT2D eigenvalue weighted by molar-refractivity contribution is -0.387. The maximum absolute atomic E-state index is 13.3. The predicted octanol–water partition coefficient (Wildman–Crippen LogP) is 3.55. The standard InChI is InChI=1S/C12H12F3NO3/c13-10-5-9(1-2-11(10)16(17)18)19-7-8-3-4-12(14,15)6-8/h1-2,5,8H,3-4,6-7H2. The van der Waals surface area contributed by atoms with Gasteiger partial charge in [-0.3, -0.25) is 10.1 Å². The Hall–Kier alpha value is -1.79. The van der Waals surface area contributed by atoms with Crippen LogP contribution in [-0.2, 0) is 0 Å². The van der Waals surface area contributed by atoms with E-state index in [9.17, 15) is 23.3 Å². The van der Waals surface area contributed by atoms with Gasteiger partial charge in [-0.25, -0.2) is 8.78 Å². The summed E-state index contributed by atoms with van der Waals surface area (Å²) in [5, 5.41) is 10.4. The molecule has 0 aromatic heterocycles. The highest BCUT2D eigenvalue weighted by Crippen LogP contribution is 2.39. The summed E-state index contributed by atoms with van der Waals surface area (Å²) in [7, 11) is 0. The highest BCUT2D eigenvalue weighted by Gasteiger charge is 2.39. The SMILES string of the molecule is O=[N+]([O-])c1ccc(OCC2CCC(F)(F)C2)cc1F. The van der Waals surface area contributed by atoms with Crippen LogP contribution in [0.2, 0.25) is 0 Å². The highest BCUT2D eigenvalue weighted by molar-refractivity contribution is 5.37. The van der Waals surface area contributed by atoms with Gasteiger partial charge < -0.3 is 4.74 Å². The third kappa shape index (κ3) is 3.36. The molecule has 1 saturated carbocycles. The van der Waals surface area contributed by atoms with E-state index < -0.39 is 22.4 Å². The minimum Gasteiger partial charge on any atom is -0.493 e. The summed E-state index contributed by atoms with van der Waals surface area (Å²) < 4.78 is 44.4. The van der Waals surface area contributed by atoms with Crippen molar-refractivity contribution in [3.05, 3.63) is 34.1 Å². The van der Waals surface area contributed by atoms with Gasteiger partial charge in [0, 0.05) is 25.0 Å². The Morgan fingerprint density at radius 2 is 2.21 bits per heavy atom. The van der Waals surface area contributed by atoms with E-state index in [2.05, 4.69) is 0 Å². The first-order valence-corrected chi connectivity index (χ1v) is 5.82. The number of nitrogens with zero attached hydrogens (tertiary/aromatic N) is 1. The molecule has 0 amide bonds. The molecule has 2 rings (SSSR count). The number of hydrogen-bond acceptors (Lipinski definition) is 3. The normalized spacial score (nSPS) is 21.3. The lowest BCUT2D eigenvalue weighted by Crippen LogP contribution is -2.13. The van der Waals surface area contributed by atoms with Crippen molar-refractivity contribution >= 4 is 5.69 Å². The fraction of sp³-hybridized carbons (Fsp3) is 0.500. The number of alkyl halides is 2. The van der Waals surface area contributed by atoms with E-state index in [1.54, 1.807) is 0 Å². The Bertz CT molecular complexity index is 493. The smallest absolute Gasteiger partial charge is 0.305 e. The van der Waals surface area contributed by atoms with Crippen LogP contribution < -0.4 is 4.74 Å². The first-order chi connectivity index (χ1) is 8.87. The van der Waals surface area contributed by atoms with Crippen LogP contribution in [0.25, 0.3) is 0 Å². The molecule has 0 saturated heterocycles. The molecule has 19 heavy (non-hydrogen) atoms. The van der Waals surface area contributed by atoms with Crippen molar-refractivity contribution in [1.29, 1.82) is 0 Å². The van der Waals surface area contributed by atoms with E-state index in [1.165, 1.54) is 6.07 Å². The molecular formula is C12H12F3NO3. The molecule has 104 valence electrons. The number of rotatable bonds is 4. The Balaban J connectivity index is 1.94. The average Bonchev–Trinajstić information content (AvgIpc) is 2.66. The van der Waals surface area contributed by atoms with Crippen LogP contribution in [-0.4, -0.2) is 17.5 Å². The lowest BCUT2D eigenvalue weighted by Gasteiger charge is -2.12. The van der Waals surface area contributed by atoms with Gasteiger partial charge in [0.25, 0.3) is 0 Å². The minimum atomic E-state index is -2.64. The molecule has 1 fully saturated rings. The van der Waals surface area contributed by atoms with Crippen LogP contribution in [0.4, 0.5) is 18.9 Å². The lowest BCUT2D eigenvalue weighted by atomic mass is 10.1. The van der Waals surface area contributed by atoms with Gasteiger partial charge in [-0.2, -0.15) is 4.39 Å². The zero-order valence-corrected chi connectivity index (χ0v) is 9.94. The molecule has 0 N–H and O–H groups in total. The first kappa shape index (κ1) is 13.6. The van der Waals surface area contributed by atoms with E-state index in [-0.39, 0.29) is 31.1 Å². The van der Waals surface area contributed by atoms with E-state index >= 15 is 0 Å². The number of nitro benzene ring substituents is 1. The van der Waals surface area contributed by atoms with Crippen molar-refractivity contribution in [2.24, 2.45) is 5.92 Å². The number of ether oxygens (including phenoxy) is 1. The summed E-state index contributed by atoms with van der Waals surface area (Å²) in [6.07, 6.45) is -0.0272. The van der Waals surface area contributed by atoms with Crippen molar-refractivity contribution in [2.75, 3.05) is 6.61 Å². The molecule has 1 aromatic carbocycles. The molecule has 1 atom stereocenters. The summed E-state index contributed by atoms with van der Waals surface area (Å²) in [6.45, 7) is 0.0623. The van der Waals surface area contributed by atoms with Crippen LogP contribution in [0.15, 0.2) is 18.2 Å². The van der Waals surface area contributed by atoms with Gasteiger partial charge in [-0.1, -0.05) is 0 Å². The fourth-order valence-electron chi connectivity index (χ4n) is 2.12. The largest absolute Gasteiger partial charge is 0.493 e. The van der Waals surface area contributed by atoms with Gasteiger partial charge in [0.1, 0.15) is 5.75 Å². The second-order valence-electron chi connectivity index (χ2n) is 4.65. The van der Waals surface area contributed by atoms with Crippen LogP contribution in [0.3, 0.4) is 0 Å². The van der Waals surface area contributed by atoms with Crippen molar-refractivity contribution in [1.82, 2.24) is 0 Å². The summed E-state index contributed by atoms with van der Waals surface area (Å²) in [6, 6.07) is 3.15. The van der Waals surface area contributed by atoms with Crippen LogP contribution >= 0.6 is 0 Å². The Labute approximate surface area is 107 Å². The Morgan fingerprint density at radius 1 is 1.47 bits per heavy atom. The van der Waals surface area contributed by atoms with Crippen molar-refractivity contribution in [3.63, 3.8) is 0 Å². The van der Waals surface area contributed by atoms with Crippen LogP contribution in [0, 0.1) is 21.8 Å². The molecule has 1 aliphatic carbocycles. The van der Waals surface area contributed by atoms with E-state index in [1.807, 2.05) is 0 Å². The molecule has 0 heterocycles. The van der Waals surface area contributed by atoms with Crippen LogP contribution in [0.1, 0.15) is 19.3 Å². The predicted molar refractivity (Wildman–Crippen MR) is 60.8 cm³/mol. The monoisotopic (exact) mass is 275 g/mol. The van der Waals surface area contributed by atoms with Crippen LogP contribution in [0.5, 0.6) is 5.75 Å². The maximum Gasteiger partial charge on any atom is 0.305 e. The molecule has 4 nitrogen and oxygen atoms in total. The molecule has 0 aliphatic heterocycles. The first-order valence-electron chi connectivity index (χ1n) is 5.82. The van der Waals surface area contributed by atoms with Crippen molar-refractivity contribution in [3.8, 4) is 5.75 Å². The fourth-order valence-corrected chi connectivity index (χ4v) is 2.12. The van der Waals surface area contributed by atoms with Gasteiger partial charge in [0.15, 0.2) is 0 Å². The molecule has 1 aromatic rings. The molecule has 0 spiro atoms. The second-order valence-corrected chi connectivity index (χ2v) is 4.65. The van der Waals surface area contributed by atoms with Gasteiger partial charge in [-0.15, -0.1) is 0 Å². The zero-order valence-electron chi connectivity index (χ0n) is 9.94. The van der Waals surface area contributed by atoms with E-state index in [0.29, 0.717) is 6.42 Å². The molecule has 0 bridgehead atoms. The van der Waals surface area contributed by atoms with E-state index in [4.69, 9.17) is 4.74 Å². The quantitative estimate of drug-likeness (QED) is 0.623. The third-order valence-corrected chi connectivity index (χ3v) is 3.11. The number of hydrogen-bond donors (Lipinski definition) is 0. The minimum absolute atomic E-state index is 0.0623. The Kier molecular flexibility index (Phi) is 3.64. The Morgan fingerprint density at radius 3 is 2.74 bits per heavy atom. The van der Waals surface area contributed by atoms with Gasteiger partial charge >= 0.3 is 5.69 Å².